The quantitative estimate of drug-likeness (QED) is 0.776. The Labute approximate surface area is 141 Å². The molecule has 2 rings (SSSR count). The summed E-state index contributed by atoms with van der Waals surface area (Å²) >= 11 is 0. The average Bonchev–Trinajstić information content (AvgIpc) is 2.61. The molecule has 0 bridgehead atoms. The summed E-state index contributed by atoms with van der Waals surface area (Å²) in [4.78, 5) is 11.7. The molecule has 0 heterocycles. The fraction of sp³-hybridized carbons (Fsp3) is 0.235. The van der Waals surface area contributed by atoms with E-state index in [1.807, 2.05) is 0 Å². The fourth-order valence-electron chi connectivity index (χ4n) is 1.99. The first kappa shape index (κ1) is 18.0. The highest BCUT2D eigenvalue weighted by atomic mass is 32.2. The summed E-state index contributed by atoms with van der Waals surface area (Å²) in [5.74, 6) is 0.226. The molecule has 0 aliphatic rings. The van der Waals surface area contributed by atoms with Crippen LogP contribution in [0.1, 0.15) is 22.8 Å². The number of benzene rings is 2. The lowest BCUT2D eigenvalue weighted by Crippen LogP contribution is -2.23. The smallest absolute Gasteiger partial charge is 0.338 e. The SMILES string of the molecule is CCOC(=O)c1ccc(S(=O)(=O)NCc2ccc(OC)cc2)cc1. The number of methoxy groups -OCH3 is 1. The maximum Gasteiger partial charge on any atom is 0.338 e. The Morgan fingerprint density at radius 1 is 1.04 bits per heavy atom. The summed E-state index contributed by atoms with van der Waals surface area (Å²) in [5.41, 5.74) is 1.12. The molecule has 0 fully saturated rings. The van der Waals surface area contributed by atoms with Crippen molar-refractivity contribution in [1.29, 1.82) is 0 Å². The first-order valence-electron chi connectivity index (χ1n) is 7.36. The zero-order chi connectivity index (χ0) is 17.6. The van der Waals surface area contributed by atoms with Crippen molar-refractivity contribution < 1.29 is 22.7 Å². The van der Waals surface area contributed by atoms with Gasteiger partial charge in [0, 0.05) is 6.54 Å². The minimum Gasteiger partial charge on any atom is -0.497 e. The molecule has 128 valence electrons. The van der Waals surface area contributed by atoms with Gasteiger partial charge in [-0.15, -0.1) is 0 Å². The maximum absolute atomic E-state index is 12.3. The highest BCUT2D eigenvalue weighted by molar-refractivity contribution is 7.89. The molecule has 0 atom stereocenters. The van der Waals surface area contributed by atoms with Crippen LogP contribution in [0.3, 0.4) is 0 Å². The predicted octanol–water partition coefficient (Wildman–Crippen LogP) is 2.35. The Morgan fingerprint density at radius 2 is 1.67 bits per heavy atom. The van der Waals surface area contributed by atoms with Gasteiger partial charge < -0.3 is 9.47 Å². The number of carbonyl (C=O) groups is 1. The van der Waals surface area contributed by atoms with Crippen molar-refractivity contribution in [2.45, 2.75) is 18.4 Å². The number of sulfonamides is 1. The molecule has 0 amide bonds. The number of nitrogens with one attached hydrogen (secondary N) is 1. The van der Waals surface area contributed by atoms with Crippen molar-refractivity contribution in [1.82, 2.24) is 4.72 Å². The molecular weight excluding hydrogens is 330 g/mol. The first-order chi connectivity index (χ1) is 11.5. The normalized spacial score (nSPS) is 11.1. The summed E-state index contributed by atoms with van der Waals surface area (Å²) in [7, 11) is -2.10. The van der Waals surface area contributed by atoms with Crippen LogP contribution in [0.2, 0.25) is 0 Å². The lowest BCUT2D eigenvalue weighted by Gasteiger charge is -2.08. The Hall–Kier alpha value is -2.38. The van der Waals surface area contributed by atoms with Gasteiger partial charge >= 0.3 is 5.97 Å². The third-order valence-corrected chi connectivity index (χ3v) is 4.72. The van der Waals surface area contributed by atoms with Crippen LogP contribution in [-0.4, -0.2) is 28.1 Å². The van der Waals surface area contributed by atoms with E-state index in [4.69, 9.17) is 9.47 Å². The van der Waals surface area contributed by atoms with E-state index >= 15 is 0 Å². The number of carbonyl (C=O) groups excluding carboxylic acids is 1. The van der Waals surface area contributed by atoms with Gasteiger partial charge in [0.25, 0.3) is 0 Å². The van der Waals surface area contributed by atoms with Crippen molar-refractivity contribution >= 4 is 16.0 Å². The van der Waals surface area contributed by atoms with Gasteiger partial charge in [-0.3, -0.25) is 0 Å². The summed E-state index contributed by atoms with van der Waals surface area (Å²) in [6.07, 6.45) is 0. The van der Waals surface area contributed by atoms with Gasteiger partial charge in [0.2, 0.25) is 10.0 Å². The number of rotatable bonds is 7. The molecule has 0 saturated carbocycles. The van der Waals surface area contributed by atoms with Gasteiger partial charge in [-0.1, -0.05) is 12.1 Å². The van der Waals surface area contributed by atoms with E-state index in [0.29, 0.717) is 11.3 Å². The number of ether oxygens (including phenoxy) is 2. The maximum atomic E-state index is 12.3. The van der Waals surface area contributed by atoms with Crippen molar-refractivity contribution in [3.63, 3.8) is 0 Å². The highest BCUT2D eigenvalue weighted by Gasteiger charge is 2.15. The molecule has 0 aromatic heterocycles. The summed E-state index contributed by atoms with van der Waals surface area (Å²) in [5, 5.41) is 0. The molecule has 0 aliphatic heterocycles. The molecule has 1 N–H and O–H groups in total. The second kappa shape index (κ2) is 7.94. The molecule has 0 unspecified atom stereocenters. The lowest BCUT2D eigenvalue weighted by atomic mass is 10.2. The number of esters is 1. The highest BCUT2D eigenvalue weighted by Crippen LogP contribution is 2.14. The summed E-state index contributed by atoms with van der Waals surface area (Å²) < 4.78 is 37.0. The van der Waals surface area contributed by atoms with Gasteiger partial charge in [0.1, 0.15) is 5.75 Å². The van der Waals surface area contributed by atoms with E-state index in [0.717, 1.165) is 5.56 Å². The summed E-state index contributed by atoms with van der Waals surface area (Å²) in [6, 6.07) is 12.7. The van der Waals surface area contributed by atoms with Crippen LogP contribution < -0.4 is 9.46 Å². The Bertz CT molecular complexity index is 783. The van der Waals surface area contributed by atoms with Crippen molar-refractivity contribution in [2.75, 3.05) is 13.7 Å². The predicted molar refractivity (Wildman–Crippen MR) is 89.4 cm³/mol. The van der Waals surface area contributed by atoms with Crippen LogP contribution in [0, 0.1) is 0 Å². The van der Waals surface area contributed by atoms with E-state index in [-0.39, 0.29) is 18.0 Å². The van der Waals surface area contributed by atoms with Crippen molar-refractivity contribution in [3.05, 3.63) is 59.7 Å². The Morgan fingerprint density at radius 3 is 2.21 bits per heavy atom. The number of hydrogen-bond donors (Lipinski definition) is 1. The molecule has 24 heavy (non-hydrogen) atoms. The van der Waals surface area contributed by atoms with E-state index in [1.54, 1.807) is 38.3 Å². The van der Waals surface area contributed by atoms with Gasteiger partial charge in [0.05, 0.1) is 24.2 Å². The molecule has 7 heteroatoms. The minimum atomic E-state index is -3.66. The van der Waals surface area contributed by atoms with Crippen molar-refractivity contribution in [2.24, 2.45) is 0 Å². The second-order valence-corrected chi connectivity index (χ2v) is 6.68. The fourth-order valence-corrected chi connectivity index (χ4v) is 3.01. The molecule has 0 radical (unpaired) electrons. The van der Waals surface area contributed by atoms with Crippen LogP contribution in [0.5, 0.6) is 5.75 Å². The largest absolute Gasteiger partial charge is 0.497 e. The van der Waals surface area contributed by atoms with Crippen LogP contribution in [0.4, 0.5) is 0 Å². The molecule has 0 saturated heterocycles. The Kier molecular flexibility index (Phi) is 5.94. The van der Waals surface area contributed by atoms with Crippen LogP contribution in [0.25, 0.3) is 0 Å². The van der Waals surface area contributed by atoms with E-state index in [2.05, 4.69) is 4.72 Å². The van der Waals surface area contributed by atoms with E-state index in [1.165, 1.54) is 24.3 Å². The standard InChI is InChI=1S/C17H19NO5S/c1-3-23-17(19)14-6-10-16(11-7-14)24(20,21)18-12-13-4-8-15(22-2)9-5-13/h4-11,18H,3,12H2,1-2H3. The minimum absolute atomic E-state index is 0.0871. The van der Waals surface area contributed by atoms with Crippen LogP contribution in [0.15, 0.2) is 53.4 Å². The van der Waals surface area contributed by atoms with Crippen LogP contribution in [-0.2, 0) is 21.3 Å². The third-order valence-electron chi connectivity index (χ3n) is 3.30. The zero-order valence-corrected chi connectivity index (χ0v) is 14.3. The molecule has 2 aromatic carbocycles. The first-order valence-corrected chi connectivity index (χ1v) is 8.84. The monoisotopic (exact) mass is 349 g/mol. The van der Waals surface area contributed by atoms with Crippen LogP contribution >= 0.6 is 0 Å². The average molecular weight is 349 g/mol. The molecule has 0 spiro atoms. The third kappa shape index (κ3) is 4.56. The van der Waals surface area contributed by atoms with Gasteiger partial charge in [-0.25, -0.2) is 17.9 Å². The number of hydrogen-bond acceptors (Lipinski definition) is 5. The molecule has 2 aromatic rings. The van der Waals surface area contributed by atoms with Crippen molar-refractivity contribution in [3.8, 4) is 5.75 Å². The Balaban J connectivity index is 2.05. The van der Waals surface area contributed by atoms with E-state index in [9.17, 15) is 13.2 Å². The lowest BCUT2D eigenvalue weighted by molar-refractivity contribution is 0.0526. The van der Waals surface area contributed by atoms with E-state index < -0.39 is 16.0 Å². The van der Waals surface area contributed by atoms with Gasteiger partial charge in [-0.05, 0) is 48.9 Å². The van der Waals surface area contributed by atoms with Gasteiger partial charge in [-0.2, -0.15) is 0 Å². The topological polar surface area (TPSA) is 81.7 Å². The van der Waals surface area contributed by atoms with Gasteiger partial charge in [0.15, 0.2) is 0 Å². The molecule has 0 aliphatic carbocycles. The zero-order valence-electron chi connectivity index (χ0n) is 13.5. The summed E-state index contributed by atoms with van der Waals surface area (Å²) in [6.45, 7) is 2.13. The second-order valence-electron chi connectivity index (χ2n) is 4.92. The molecule has 6 nitrogen and oxygen atoms in total. The molecular formula is C17H19NO5S.